The van der Waals surface area contributed by atoms with Crippen molar-refractivity contribution in [3.63, 3.8) is 0 Å². The van der Waals surface area contributed by atoms with Gasteiger partial charge in [-0.3, -0.25) is 0 Å². The fraction of sp³-hybridized carbons (Fsp3) is 1.00. The first-order valence-corrected chi connectivity index (χ1v) is 6.72. The topological polar surface area (TPSA) is 21.3 Å². The van der Waals surface area contributed by atoms with Crippen LogP contribution in [0.25, 0.3) is 0 Å². The molecule has 1 fully saturated rings. The second kappa shape index (κ2) is 5.50. The van der Waals surface area contributed by atoms with Crippen LogP contribution in [0.15, 0.2) is 0 Å². The van der Waals surface area contributed by atoms with Gasteiger partial charge in [-0.25, -0.2) is 0 Å². The number of nitrogens with one attached hydrogen (secondary N) is 1. The zero-order valence-corrected chi connectivity index (χ0v) is 11.7. The van der Waals surface area contributed by atoms with Gasteiger partial charge in [-0.15, -0.1) is 0 Å². The summed E-state index contributed by atoms with van der Waals surface area (Å²) in [7, 11) is 0. The molecule has 1 saturated carbocycles. The van der Waals surface area contributed by atoms with E-state index in [-0.39, 0.29) is 11.1 Å². The van der Waals surface area contributed by atoms with Crippen LogP contribution in [0.4, 0.5) is 0 Å². The van der Waals surface area contributed by atoms with Gasteiger partial charge in [-0.1, -0.05) is 26.7 Å². The standard InChI is InChI=1S/C14H29NO/c1-12(2)10-16-14(8-6-7-9-14)11-15-13(3,4)5/h12,15H,6-11H2,1-5H3. The largest absolute Gasteiger partial charge is 0.373 e. The lowest BCUT2D eigenvalue weighted by molar-refractivity contribution is -0.0538. The molecule has 16 heavy (non-hydrogen) atoms. The van der Waals surface area contributed by atoms with Gasteiger partial charge in [0.15, 0.2) is 0 Å². The molecule has 0 saturated heterocycles. The molecule has 0 aromatic rings. The smallest absolute Gasteiger partial charge is 0.0806 e. The molecule has 0 bridgehead atoms. The Bertz CT molecular complexity index is 199. The summed E-state index contributed by atoms with van der Waals surface area (Å²) >= 11 is 0. The van der Waals surface area contributed by atoms with Crippen LogP contribution in [0.5, 0.6) is 0 Å². The molecule has 2 nitrogen and oxygen atoms in total. The van der Waals surface area contributed by atoms with E-state index in [1.165, 1.54) is 25.7 Å². The zero-order valence-electron chi connectivity index (χ0n) is 11.7. The molecule has 2 heteroatoms. The van der Waals surface area contributed by atoms with Gasteiger partial charge in [0, 0.05) is 18.7 Å². The summed E-state index contributed by atoms with van der Waals surface area (Å²) in [5.41, 5.74) is 0.314. The second-order valence-corrected chi connectivity index (χ2v) is 6.70. The maximum atomic E-state index is 6.18. The van der Waals surface area contributed by atoms with E-state index >= 15 is 0 Å². The Kier molecular flexibility index (Phi) is 4.81. The first-order chi connectivity index (χ1) is 7.33. The summed E-state index contributed by atoms with van der Waals surface area (Å²) < 4.78 is 6.18. The maximum absolute atomic E-state index is 6.18. The van der Waals surface area contributed by atoms with Crippen LogP contribution in [0.2, 0.25) is 0 Å². The minimum atomic E-state index is 0.123. The zero-order chi connectivity index (χ0) is 12.2. The minimum Gasteiger partial charge on any atom is -0.373 e. The van der Waals surface area contributed by atoms with Crippen LogP contribution in [0.3, 0.4) is 0 Å². The predicted octanol–water partition coefficient (Wildman–Crippen LogP) is 3.36. The van der Waals surface area contributed by atoms with Crippen LogP contribution >= 0.6 is 0 Å². The van der Waals surface area contributed by atoms with Crippen molar-refractivity contribution in [3.05, 3.63) is 0 Å². The van der Waals surface area contributed by atoms with Crippen LogP contribution in [-0.4, -0.2) is 24.3 Å². The fourth-order valence-electron chi connectivity index (χ4n) is 2.16. The normalized spacial score (nSPS) is 20.6. The Labute approximate surface area is 101 Å². The molecule has 0 amide bonds. The van der Waals surface area contributed by atoms with Crippen molar-refractivity contribution < 1.29 is 4.74 Å². The lowest BCUT2D eigenvalue weighted by Gasteiger charge is -2.34. The molecule has 0 aromatic carbocycles. The molecule has 0 heterocycles. The second-order valence-electron chi connectivity index (χ2n) is 6.70. The SMILES string of the molecule is CC(C)COC1(CNC(C)(C)C)CCCC1. The number of ether oxygens (including phenoxy) is 1. The first kappa shape index (κ1) is 14.0. The van der Waals surface area contributed by atoms with E-state index in [1.807, 2.05) is 0 Å². The van der Waals surface area contributed by atoms with Crippen molar-refractivity contribution in [2.45, 2.75) is 71.4 Å². The molecule has 1 N–H and O–H groups in total. The molecule has 96 valence electrons. The minimum absolute atomic E-state index is 0.123. The van der Waals surface area contributed by atoms with E-state index in [1.54, 1.807) is 0 Å². The average molecular weight is 227 g/mol. The number of hydrogen-bond acceptors (Lipinski definition) is 2. The van der Waals surface area contributed by atoms with Gasteiger partial charge in [-0.2, -0.15) is 0 Å². The maximum Gasteiger partial charge on any atom is 0.0806 e. The van der Waals surface area contributed by atoms with Crippen molar-refractivity contribution in [3.8, 4) is 0 Å². The highest BCUT2D eigenvalue weighted by Gasteiger charge is 2.35. The Hall–Kier alpha value is -0.0800. The Balaban J connectivity index is 2.45. The summed E-state index contributed by atoms with van der Waals surface area (Å²) in [5, 5.41) is 3.60. The highest BCUT2D eigenvalue weighted by molar-refractivity contribution is 4.90. The monoisotopic (exact) mass is 227 g/mol. The quantitative estimate of drug-likeness (QED) is 0.777. The van der Waals surface area contributed by atoms with Gasteiger partial charge in [0.2, 0.25) is 0 Å². The summed E-state index contributed by atoms with van der Waals surface area (Å²) in [6.45, 7) is 13.0. The molecule has 1 rings (SSSR count). The van der Waals surface area contributed by atoms with Gasteiger partial charge in [0.25, 0.3) is 0 Å². The number of rotatable bonds is 5. The fourth-order valence-corrected chi connectivity index (χ4v) is 2.16. The third-order valence-corrected chi connectivity index (χ3v) is 3.18. The molecule has 0 radical (unpaired) electrons. The van der Waals surface area contributed by atoms with Crippen molar-refractivity contribution in [2.24, 2.45) is 5.92 Å². The van der Waals surface area contributed by atoms with Crippen molar-refractivity contribution in [1.82, 2.24) is 5.32 Å². The van der Waals surface area contributed by atoms with E-state index < -0.39 is 0 Å². The molecular weight excluding hydrogens is 198 g/mol. The van der Waals surface area contributed by atoms with Crippen molar-refractivity contribution >= 4 is 0 Å². The lowest BCUT2D eigenvalue weighted by Crippen LogP contribution is -2.48. The van der Waals surface area contributed by atoms with Crippen molar-refractivity contribution in [1.29, 1.82) is 0 Å². The van der Waals surface area contributed by atoms with E-state index in [0.29, 0.717) is 5.92 Å². The highest BCUT2D eigenvalue weighted by Crippen LogP contribution is 2.33. The van der Waals surface area contributed by atoms with E-state index in [0.717, 1.165) is 13.2 Å². The molecule has 0 aliphatic heterocycles. The van der Waals surface area contributed by atoms with Gasteiger partial charge < -0.3 is 10.1 Å². The first-order valence-electron chi connectivity index (χ1n) is 6.72. The summed E-state index contributed by atoms with van der Waals surface area (Å²) in [6.07, 6.45) is 5.10. The summed E-state index contributed by atoms with van der Waals surface area (Å²) in [6, 6.07) is 0. The molecule has 1 aliphatic carbocycles. The molecular formula is C14H29NO. The van der Waals surface area contributed by atoms with Crippen LogP contribution in [0.1, 0.15) is 60.3 Å². The Morgan fingerprint density at radius 2 is 1.75 bits per heavy atom. The van der Waals surface area contributed by atoms with E-state index in [2.05, 4.69) is 39.9 Å². The van der Waals surface area contributed by atoms with Gasteiger partial charge >= 0.3 is 0 Å². The van der Waals surface area contributed by atoms with E-state index in [9.17, 15) is 0 Å². The van der Waals surface area contributed by atoms with Gasteiger partial charge in [0.1, 0.15) is 0 Å². The molecule has 0 atom stereocenters. The Morgan fingerprint density at radius 1 is 1.19 bits per heavy atom. The van der Waals surface area contributed by atoms with E-state index in [4.69, 9.17) is 4.74 Å². The molecule has 0 unspecified atom stereocenters. The molecule has 0 aromatic heterocycles. The summed E-state index contributed by atoms with van der Waals surface area (Å²) in [5.74, 6) is 0.632. The van der Waals surface area contributed by atoms with Crippen LogP contribution in [0, 0.1) is 5.92 Å². The average Bonchev–Trinajstić information content (AvgIpc) is 2.60. The highest BCUT2D eigenvalue weighted by atomic mass is 16.5. The van der Waals surface area contributed by atoms with Crippen LogP contribution in [-0.2, 0) is 4.74 Å². The predicted molar refractivity (Wildman–Crippen MR) is 69.7 cm³/mol. The third-order valence-electron chi connectivity index (χ3n) is 3.18. The lowest BCUT2D eigenvalue weighted by atomic mass is 9.99. The van der Waals surface area contributed by atoms with Gasteiger partial charge in [-0.05, 0) is 39.5 Å². The molecule has 1 aliphatic rings. The van der Waals surface area contributed by atoms with Crippen LogP contribution < -0.4 is 5.32 Å². The van der Waals surface area contributed by atoms with Crippen molar-refractivity contribution in [2.75, 3.05) is 13.2 Å². The Morgan fingerprint density at radius 3 is 2.19 bits per heavy atom. The summed E-state index contributed by atoms with van der Waals surface area (Å²) in [4.78, 5) is 0. The third kappa shape index (κ3) is 4.84. The number of hydrogen-bond donors (Lipinski definition) is 1. The molecule has 0 spiro atoms. The van der Waals surface area contributed by atoms with Gasteiger partial charge in [0.05, 0.1) is 5.60 Å².